The van der Waals surface area contributed by atoms with Gasteiger partial charge in [-0.3, -0.25) is 19.9 Å². The highest BCUT2D eigenvalue weighted by atomic mass is 16.4. The van der Waals surface area contributed by atoms with E-state index in [0.717, 1.165) is 10.8 Å². The van der Waals surface area contributed by atoms with E-state index in [4.69, 9.17) is 11.1 Å². The lowest BCUT2D eigenvalue weighted by Crippen LogP contribution is -2.35. The summed E-state index contributed by atoms with van der Waals surface area (Å²) in [5.41, 5.74) is 6.64. The minimum atomic E-state index is -1.12. The zero-order valence-electron chi connectivity index (χ0n) is 13.8. The lowest BCUT2D eigenvalue weighted by Gasteiger charge is -2.21. The fraction of sp³-hybridized carbons (Fsp3) is 0.0500. The molecule has 0 aliphatic rings. The second kappa shape index (κ2) is 7.06. The molecule has 6 nitrogen and oxygen atoms in total. The van der Waals surface area contributed by atoms with Crippen molar-refractivity contribution in [3.8, 4) is 0 Å². The largest absolute Gasteiger partial charge is 0.480 e. The lowest BCUT2D eigenvalue weighted by molar-refractivity contribution is -0.135. The standard InChI is InChI=1S/C20H17N3O3/c21-19(22)15-6-3-7-16(10-15)20(26)23(12-18(24)25)17-9-8-13-4-1-2-5-14(13)11-17/h1-11H,12H2,(H3,21,22)(H,24,25). The minimum absolute atomic E-state index is 0.157. The zero-order valence-corrected chi connectivity index (χ0v) is 13.8. The zero-order chi connectivity index (χ0) is 18.7. The van der Waals surface area contributed by atoms with Crippen LogP contribution in [0.15, 0.2) is 66.7 Å². The number of fused-ring (bicyclic) bond motifs is 1. The van der Waals surface area contributed by atoms with Crippen LogP contribution < -0.4 is 10.6 Å². The van der Waals surface area contributed by atoms with Crippen molar-refractivity contribution in [2.75, 3.05) is 11.4 Å². The first kappa shape index (κ1) is 17.2. The Bertz CT molecular complexity index is 1010. The molecule has 0 aromatic heterocycles. The number of hydrogen-bond acceptors (Lipinski definition) is 3. The van der Waals surface area contributed by atoms with Crippen molar-refractivity contribution in [2.24, 2.45) is 5.73 Å². The number of amidine groups is 1. The van der Waals surface area contributed by atoms with Gasteiger partial charge >= 0.3 is 5.97 Å². The molecule has 0 unspecified atom stereocenters. The summed E-state index contributed by atoms with van der Waals surface area (Å²) in [5, 5.41) is 18.7. The second-order valence-electron chi connectivity index (χ2n) is 5.81. The topological polar surface area (TPSA) is 107 Å². The summed E-state index contributed by atoms with van der Waals surface area (Å²) in [6, 6.07) is 19.3. The normalized spacial score (nSPS) is 10.5. The number of carboxylic acid groups (broad SMARTS) is 1. The second-order valence-corrected chi connectivity index (χ2v) is 5.81. The summed E-state index contributed by atoms with van der Waals surface area (Å²) < 4.78 is 0. The Morgan fingerprint density at radius 1 is 0.923 bits per heavy atom. The van der Waals surface area contributed by atoms with Crippen molar-refractivity contribution in [1.29, 1.82) is 5.41 Å². The number of nitrogen functional groups attached to an aromatic ring is 1. The van der Waals surface area contributed by atoms with Gasteiger partial charge in [0.05, 0.1) is 0 Å². The molecule has 0 aliphatic heterocycles. The SMILES string of the molecule is N=C(N)c1cccc(C(=O)N(CC(=O)O)c2ccc3ccccc3c2)c1. The molecule has 6 heteroatoms. The maximum absolute atomic E-state index is 12.9. The van der Waals surface area contributed by atoms with Crippen molar-refractivity contribution in [2.45, 2.75) is 0 Å². The molecule has 3 aromatic rings. The third-order valence-electron chi connectivity index (χ3n) is 4.00. The number of hydrogen-bond donors (Lipinski definition) is 3. The number of carboxylic acids is 1. The number of carbonyl (C=O) groups excluding carboxylic acids is 1. The molecule has 1 amide bonds. The molecule has 130 valence electrons. The molecule has 0 aliphatic carbocycles. The molecule has 3 aromatic carbocycles. The Hall–Kier alpha value is -3.67. The predicted octanol–water partition coefficient (Wildman–Crippen LogP) is 2.86. The van der Waals surface area contributed by atoms with Gasteiger partial charge < -0.3 is 10.8 Å². The first-order chi connectivity index (χ1) is 12.5. The Morgan fingerprint density at radius 3 is 2.31 bits per heavy atom. The van der Waals surface area contributed by atoms with E-state index in [-0.39, 0.29) is 11.4 Å². The van der Waals surface area contributed by atoms with Crippen molar-refractivity contribution < 1.29 is 14.7 Å². The fourth-order valence-corrected chi connectivity index (χ4v) is 2.74. The monoisotopic (exact) mass is 347 g/mol. The van der Waals surface area contributed by atoms with Crippen LogP contribution in [0.4, 0.5) is 5.69 Å². The number of anilines is 1. The number of carbonyl (C=O) groups is 2. The number of benzene rings is 3. The summed E-state index contributed by atoms with van der Waals surface area (Å²) in [7, 11) is 0. The van der Waals surface area contributed by atoms with Crippen molar-refractivity contribution >= 4 is 34.2 Å². The van der Waals surface area contributed by atoms with E-state index in [1.165, 1.54) is 11.0 Å². The van der Waals surface area contributed by atoms with Gasteiger partial charge in [-0.15, -0.1) is 0 Å². The molecule has 0 spiro atoms. The van der Waals surface area contributed by atoms with Crippen LogP contribution in [0.5, 0.6) is 0 Å². The van der Waals surface area contributed by atoms with Crippen molar-refractivity contribution in [3.63, 3.8) is 0 Å². The van der Waals surface area contributed by atoms with E-state index < -0.39 is 18.4 Å². The van der Waals surface area contributed by atoms with Crippen LogP contribution in [-0.2, 0) is 4.79 Å². The summed E-state index contributed by atoms with van der Waals surface area (Å²) in [6.07, 6.45) is 0. The van der Waals surface area contributed by atoms with E-state index in [0.29, 0.717) is 11.3 Å². The number of nitrogens with one attached hydrogen (secondary N) is 1. The van der Waals surface area contributed by atoms with Crippen LogP contribution >= 0.6 is 0 Å². The number of nitrogens with zero attached hydrogens (tertiary/aromatic N) is 1. The number of aliphatic carboxylic acids is 1. The smallest absolute Gasteiger partial charge is 0.323 e. The Kier molecular flexibility index (Phi) is 4.66. The quantitative estimate of drug-likeness (QED) is 0.487. The Morgan fingerprint density at radius 2 is 1.62 bits per heavy atom. The van der Waals surface area contributed by atoms with Gasteiger partial charge in [0.25, 0.3) is 5.91 Å². The molecule has 0 fully saturated rings. The average Bonchev–Trinajstić information content (AvgIpc) is 2.65. The molecule has 0 saturated heterocycles. The molecule has 4 N–H and O–H groups in total. The first-order valence-corrected chi connectivity index (χ1v) is 7.92. The van der Waals surface area contributed by atoms with Gasteiger partial charge in [-0.1, -0.05) is 42.5 Å². The maximum atomic E-state index is 12.9. The molecular weight excluding hydrogens is 330 g/mol. The van der Waals surface area contributed by atoms with Gasteiger partial charge in [0.1, 0.15) is 12.4 Å². The Balaban J connectivity index is 2.04. The third-order valence-corrected chi connectivity index (χ3v) is 4.00. The van der Waals surface area contributed by atoms with Gasteiger partial charge in [0.2, 0.25) is 0 Å². The third kappa shape index (κ3) is 3.54. The molecular formula is C20H17N3O3. The van der Waals surface area contributed by atoms with Crippen LogP contribution in [0.1, 0.15) is 15.9 Å². The predicted molar refractivity (Wildman–Crippen MR) is 101 cm³/mol. The highest BCUT2D eigenvalue weighted by Crippen LogP contribution is 2.24. The Labute approximate surface area is 150 Å². The summed E-state index contributed by atoms with van der Waals surface area (Å²) >= 11 is 0. The fourth-order valence-electron chi connectivity index (χ4n) is 2.74. The molecule has 26 heavy (non-hydrogen) atoms. The highest BCUT2D eigenvalue weighted by Gasteiger charge is 2.21. The summed E-state index contributed by atoms with van der Waals surface area (Å²) in [6.45, 7) is -0.471. The van der Waals surface area contributed by atoms with E-state index in [1.807, 2.05) is 30.3 Å². The van der Waals surface area contributed by atoms with E-state index in [2.05, 4.69) is 0 Å². The number of nitrogens with two attached hydrogens (primary N) is 1. The maximum Gasteiger partial charge on any atom is 0.323 e. The average molecular weight is 347 g/mol. The number of amides is 1. The van der Waals surface area contributed by atoms with Crippen LogP contribution in [0.25, 0.3) is 10.8 Å². The van der Waals surface area contributed by atoms with Crippen molar-refractivity contribution in [1.82, 2.24) is 0 Å². The van der Waals surface area contributed by atoms with Crippen LogP contribution in [0, 0.1) is 5.41 Å². The van der Waals surface area contributed by atoms with Crippen LogP contribution in [0.2, 0.25) is 0 Å². The van der Waals surface area contributed by atoms with Gasteiger partial charge in [-0.05, 0) is 35.0 Å². The van der Waals surface area contributed by atoms with Crippen molar-refractivity contribution in [3.05, 3.63) is 77.9 Å². The summed E-state index contributed by atoms with van der Waals surface area (Å²) in [5.74, 6) is -1.74. The minimum Gasteiger partial charge on any atom is -0.480 e. The van der Waals surface area contributed by atoms with Gasteiger partial charge in [0.15, 0.2) is 0 Å². The summed E-state index contributed by atoms with van der Waals surface area (Å²) in [4.78, 5) is 25.5. The van der Waals surface area contributed by atoms with Crippen LogP contribution in [0.3, 0.4) is 0 Å². The van der Waals surface area contributed by atoms with Gasteiger partial charge in [0, 0.05) is 16.8 Å². The molecule has 3 rings (SSSR count). The lowest BCUT2D eigenvalue weighted by atomic mass is 10.1. The van der Waals surface area contributed by atoms with Crippen LogP contribution in [-0.4, -0.2) is 29.4 Å². The van der Waals surface area contributed by atoms with Gasteiger partial charge in [-0.2, -0.15) is 0 Å². The molecule has 0 radical (unpaired) electrons. The molecule has 0 saturated carbocycles. The number of rotatable bonds is 5. The van der Waals surface area contributed by atoms with E-state index >= 15 is 0 Å². The van der Waals surface area contributed by atoms with Gasteiger partial charge in [-0.25, -0.2) is 0 Å². The first-order valence-electron chi connectivity index (χ1n) is 7.92. The highest BCUT2D eigenvalue weighted by molar-refractivity contribution is 6.10. The molecule has 0 bridgehead atoms. The van der Waals surface area contributed by atoms with E-state index in [1.54, 1.807) is 30.3 Å². The molecule has 0 atom stereocenters. The molecule has 0 heterocycles. The van der Waals surface area contributed by atoms with E-state index in [9.17, 15) is 14.7 Å².